The zero-order valence-corrected chi connectivity index (χ0v) is 8.32. The van der Waals surface area contributed by atoms with Crippen LogP contribution in [0.15, 0.2) is 0 Å². The van der Waals surface area contributed by atoms with Gasteiger partial charge in [-0.1, -0.05) is 6.42 Å². The van der Waals surface area contributed by atoms with E-state index in [0.29, 0.717) is 0 Å². The maximum absolute atomic E-state index is 11.6. The smallest absolute Gasteiger partial charge is 0.323 e. The molecule has 1 amide bonds. The maximum atomic E-state index is 11.6. The Kier molecular flexibility index (Phi) is 3.88. The van der Waals surface area contributed by atoms with E-state index < -0.39 is 5.97 Å². The van der Waals surface area contributed by atoms with Crippen molar-refractivity contribution >= 4 is 11.9 Å². The van der Waals surface area contributed by atoms with Crippen LogP contribution in [0.25, 0.3) is 0 Å². The standard InChI is InChI=1S/C9H16N2O3/c1-11(6-8(12)13)9(14)7-4-2-3-5-10-7/h7,10H,2-6H2,1H3,(H,12,13)/t7-/m0/s1. The van der Waals surface area contributed by atoms with Crippen molar-refractivity contribution in [3.05, 3.63) is 0 Å². The summed E-state index contributed by atoms with van der Waals surface area (Å²) in [4.78, 5) is 23.3. The highest BCUT2D eigenvalue weighted by atomic mass is 16.4. The summed E-state index contributed by atoms with van der Waals surface area (Å²) in [5.74, 6) is -1.09. The van der Waals surface area contributed by atoms with Crippen LogP contribution in [0.1, 0.15) is 19.3 Å². The Morgan fingerprint density at radius 1 is 1.50 bits per heavy atom. The molecule has 1 atom stereocenters. The molecular weight excluding hydrogens is 184 g/mol. The maximum Gasteiger partial charge on any atom is 0.323 e. The molecule has 1 heterocycles. The third kappa shape index (κ3) is 2.99. The first-order chi connectivity index (χ1) is 6.61. The van der Waals surface area contributed by atoms with Gasteiger partial charge in [0.05, 0.1) is 6.04 Å². The Hall–Kier alpha value is -1.10. The fourth-order valence-electron chi connectivity index (χ4n) is 1.61. The van der Waals surface area contributed by atoms with Gasteiger partial charge in [0, 0.05) is 7.05 Å². The van der Waals surface area contributed by atoms with Crippen LogP contribution in [0.3, 0.4) is 0 Å². The van der Waals surface area contributed by atoms with E-state index in [1.165, 1.54) is 11.9 Å². The summed E-state index contributed by atoms with van der Waals surface area (Å²) >= 11 is 0. The van der Waals surface area contributed by atoms with Crippen molar-refractivity contribution in [2.75, 3.05) is 20.1 Å². The number of carbonyl (C=O) groups is 2. The first-order valence-corrected chi connectivity index (χ1v) is 4.81. The van der Waals surface area contributed by atoms with Gasteiger partial charge in [-0.3, -0.25) is 9.59 Å². The molecule has 1 aliphatic rings. The number of nitrogens with one attached hydrogen (secondary N) is 1. The highest BCUT2D eigenvalue weighted by Crippen LogP contribution is 2.08. The normalized spacial score (nSPS) is 21.6. The Morgan fingerprint density at radius 3 is 2.71 bits per heavy atom. The molecule has 0 unspecified atom stereocenters. The molecule has 0 saturated carbocycles. The van der Waals surface area contributed by atoms with Crippen molar-refractivity contribution in [1.82, 2.24) is 10.2 Å². The van der Waals surface area contributed by atoms with Crippen molar-refractivity contribution in [2.24, 2.45) is 0 Å². The van der Waals surface area contributed by atoms with Crippen LogP contribution in [-0.2, 0) is 9.59 Å². The summed E-state index contributed by atoms with van der Waals surface area (Å²) in [5, 5.41) is 11.6. The second kappa shape index (κ2) is 4.95. The summed E-state index contributed by atoms with van der Waals surface area (Å²) in [6, 6.07) is -0.187. The number of carbonyl (C=O) groups excluding carboxylic acids is 1. The minimum Gasteiger partial charge on any atom is -0.480 e. The van der Waals surface area contributed by atoms with E-state index in [0.717, 1.165) is 25.8 Å². The van der Waals surface area contributed by atoms with Crippen LogP contribution in [0.5, 0.6) is 0 Å². The van der Waals surface area contributed by atoms with Gasteiger partial charge < -0.3 is 15.3 Å². The van der Waals surface area contributed by atoms with Crippen molar-refractivity contribution < 1.29 is 14.7 Å². The lowest BCUT2D eigenvalue weighted by Crippen LogP contribution is -2.48. The fraction of sp³-hybridized carbons (Fsp3) is 0.778. The zero-order valence-electron chi connectivity index (χ0n) is 8.32. The zero-order chi connectivity index (χ0) is 10.6. The summed E-state index contributed by atoms with van der Waals surface area (Å²) in [7, 11) is 1.52. The number of hydrogen-bond acceptors (Lipinski definition) is 3. The molecule has 80 valence electrons. The van der Waals surface area contributed by atoms with Crippen LogP contribution in [0.4, 0.5) is 0 Å². The van der Waals surface area contributed by atoms with Crippen molar-refractivity contribution in [1.29, 1.82) is 0 Å². The largest absolute Gasteiger partial charge is 0.480 e. The second-order valence-electron chi connectivity index (χ2n) is 3.59. The lowest BCUT2D eigenvalue weighted by molar-refractivity contribution is -0.144. The van der Waals surface area contributed by atoms with Crippen LogP contribution in [-0.4, -0.2) is 48.1 Å². The molecule has 0 aromatic rings. The lowest BCUT2D eigenvalue weighted by Gasteiger charge is -2.26. The third-order valence-electron chi connectivity index (χ3n) is 2.36. The molecule has 1 fully saturated rings. The van der Waals surface area contributed by atoms with Crippen molar-refractivity contribution in [2.45, 2.75) is 25.3 Å². The molecule has 14 heavy (non-hydrogen) atoms. The van der Waals surface area contributed by atoms with Crippen LogP contribution < -0.4 is 5.32 Å². The van der Waals surface area contributed by atoms with Gasteiger partial charge in [-0.2, -0.15) is 0 Å². The van der Waals surface area contributed by atoms with Crippen LogP contribution in [0.2, 0.25) is 0 Å². The molecule has 0 aromatic carbocycles. The van der Waals surface area contributed by atoms with Crippen molar-refractivity contribution in [3.63, 3.8) is 0 Å². The molecule has 5 nitrogen and oxygen atoms in total. The molecule has 1 aliphatic heterocycles. The van der Waals surface area contributed by atoms with Crippen LogP contribution >= 0.6 is 0 Å². The van der Waals surface area contributed by atoms with E-state index in [1.54, 1.807) is 0 Å². The van der Waals surface area contributed by atoms with E-state index in [2.05, 4.69) is 5.32 Å². The Bertz CT molecular complexity index is 224. The molecule has 2 N–H and O–H groups in total. The van der Waals surface area contributed by atoms with E-state index in [-0.39, 0.29) is 18.5 Å². The fourth-order valence-corrected chi connectivity index (χ4v) is 1.61. The van der Waals surface area contributed by atoms with Gasteiger partial charge in [-0.25, -0.2) is 0 Å². The number of carboxylic acids is 1. The van der Waals surface area contributed by atoms with Gasteiger partial charge in [-0.15, -0.1) is 0 Å². The SMILES string of the molecule is CN(CC(=O)O)C(=O)[C@@H]1CCCCN1. The Labute approximate surface area is 83.1 Å². The number of aliphatic carboxylic acids is 1. The quantitative estimate of drug-likeness (QED) is 0.654. The number of rotatable bonds is 3. The second-order valence-corrected chi connectivity index (χ2v) is 3.59. The monoisotopic (exact) mass is 200 g/mol. The van der Waals surface area contributed by atoms with E-state index >= 15 is 0 Å². The van der Waals surface area contributed by atoms with E-state index in [9.17, 15) is 9.59 Å². The summed E-state index contributed by atoms with van der Waals surface area (Å²) in [6.45, 7) is 0.619. The predicted octanol–water partition coefficient (Wildman–Crippen LogP) is -0.328. The highest BCUT2D eigenvalue weighted by Gasteiger charge is 2.24. The molecule has 0 aliphatic carbocycles. The lowest BCUT2D eigenvalue weighted by atomic mass is 10.0. The average Bonchev–Trinajstić information content (AvgIpc) is 2.17. The van der Waals surface area contributed by atoms with Gasteiger partial charge in [-0.05, 0) is 19.4 Å². The number of piperidine rings is 1. The third-order valence-corrected chi connectivity index (χ3v) is 2.36. The summed E-state index contributed by atoms with van der Waals surface area (Å²) in [6.07, 6.45) is 2.93. The van der Waals surface area contributed by atoms with Gasteiger partial charge in [0.1, 0.15) is 6.54 Å². The Morgan fingerprint density at radius 2 is 2.21 bits per heavy atom. The minimum absolute atomic E-state index is 0.118. The van der Waals surface area contributed by atoms with Gasteiger partial charge in [0.2, 0.25) is 5.91 Å². The molecule has 0 bridgehead atoms. The number of hydrogen-bond donors (Lipinski definition) is 2. The summed E-state index contributed by atoms with van der Waals surface area (Å²) < 4.78 is 0. The molecule has 0 spiro atoms. The molecule has 0 radical (unpaired) electrons. The molecular formula is C9H16N2O3. The highest BCUT2D eigenvalue weighted by molar-refractivity contribution is 5.85. The topological polar surface area (TPSA) is 69.6 Å². The van der Waals surface area contributed by atoms with Crippen molar-refractivity contribution in [3.8, 4) is 0 Å². The Balaban J connectivity index is 2.42. The predicted molar refractivity (Wildman–Crippen MR) is 50.9 cm³/mol. The number of nitrogens with zero attached hydrogens (tertiary/aromatic N) is 1. The first-order valence-electron chi connectivity index (χ1n) is 4.81. The number of likely N-dealkylation sites (N-methyl/N-ethyl adjacent to an activating group) is 1. The van der Waals surface area contributed by atoms with Crippen LogP contribution in [0, 0.1) is 0 Å². The minimum atomic E-state index is -0.975. The van der Waals surface area contributed by atoms with Gasteiger partial charge >= 0.3 is 5.97 Å². The van der Waals surface area contributed by atoms with Gasteiger partial charge in [0.15, 0.2) is 0 Å². The summed E-state index contributed by atoms with van der Waals surface area (Å²) in [5.41, 5.74) is 0. The van der Waals surface area contributed by atoms with Gasteiger partial charge in [0.25, 0.3) is 0 Å². The molecule has 1 rings (SSSR count). The number of amides is 1. The van der Waals surface area contributed by atoms with E-state index in [4.69, 9.17) is 5.11 Å². The average molecular weight is 200 g/mol. The molecule has 0 aromatic heterocycles. The molecule has 5 heteroatoms. The number of carboxylic acid groups (broad SMARTS) is 1. The molecule has 1 saturated heterocycles. The van der Waals surface area contributed by atoms with E-state index in [1.807, 2.05) is 0 Å². The first kappa shape index (κ1) is 11.0.